The molecule has 0 aliphatic carbocycles. The second kappa shape index (κ2) is 4.85. The molecular formula is C14H14F3NO2. The van der Waals surface area contributed by atoms with Crippen molar-refractivity contribution in [3.63, 3.8) is 0 Å². The first-order valence-corrected chi connectivity index (χ1v) is 6.19. The van der Waals surface area contributed by atoms with Crippen LogP contribution < -0.4 is 0 Å². The van der Waals surface area contributed by atoms with E-state index >= 15 is 0 Å². The highest BCUT2D eigenvalue weighted by Gasteiger charge is 2.34. The van der Waals surface area contributed by atoms with Crippen LogP contribution in [0.5, 0.6) is 0 Å². The third kappa shape index (κ3) is 2.26. The highest BCUT2D eigenvalue weighted by molar-refractivity contribution is 5.91. The molecule has 0 aliphatic rings. The molecule has 1 heterocycles. The molecule has 2 rings (SSSR count). The van der Waals surface area contributed by atoms with Gasteiger partial charge in [-0.2, -0.15) is 13.2 Å². The Labute approximate surface area is 113 Å². The van der Waals surface area contributed by atoms with Crippen molar-refractivity contribution < 1.29 is 23.1 Å². The first-order valence-electron chi connectivity index (χ1n) is 6.19. The molecule has 0 radical (unpaired) electrons. The molecule has 2 aromatic rings. The summed E-state index contributed by atoms with van der Waals surface area (Å²) >= 11 is 0. The SMILES string of the molecule is CCn1cc(C(C)C(=O)O)c2cccc(C(F)(F)F)c21. The van der Waals surface area contributed by atoms with E-state index in [9.17, 15) is 18.0 Å². The van der Waals surface area contributed by atoms with Gasteiger partial charge >= 0.3 is 12.1 Å². The molecule has 0 aliphatic heterocycles. The van der Waals surface area contributed by atoms with Gasteiger partial charge in [0.2, 0.25) is 0 Å². The zero-order valence-electron chi connectivity index (χ0n) is 11.0. The van der Waals surface area contributed by atoms with Crippen molar-refractivity contribution in [3.05, 3.63) is 35.5 Å². The fourth-order valence-corrected chi connectivity index (χ4v) is 2.34. The van der Waals surface area contributed by atoms with Gasteiger partial charge in [0, 0.05) is 18.1 Å². The van der Waals surface area contributed by atoms with Crippen LogP contribution >= 0.6 is 0 Å². The molecule has 0 spiro atoms. The molecule has 0 saturated carbocycles. The van der Waals surface area contributed by atoms with Crippen LogP contribution in [0.3, 0.4) is 0 Å². The van der Waals surface area contributed by atoms with Gasteiger partial charge in [0.1, 0.15) is 0 Å². The Kier molecular flexibility index (Phi) is 3.50. The zero-order chi connectivity index (χ0) is 15.1. The van der Waals surface area contributed by atoms with Crippen LogP contribution in [0.25, 0.3) is 10.9 Å². The van der Waals surface area contributed by atoms with E-state index < -0.39 is 23.6 Å². The second-order valence-corrected chi connectivity index (χ2v) is 4.63. The summed E-state index contributed by atoms with van der Waals surface area (Å²) in [7, 11) is 0. The van der Waals surface area contributed by atoms with Crippen LogP contribution in [0, 0.1) is 0 Å². The lowest BCUT2D eigenvalue weighted by molar-refractivity contribution is -0.138. The van der Waals surface area contributed by atoms with Crippen molar-refractivity contribution in [2.24, 2.45) is 0 Å². The van der Waals surface area contributed by atoms with Gasteiger partial charge < -0.3 is 9.67 Å². The first kappa shape index (κ1) is 14.4. The van der Waals surface area contributed by atoms with Crippen LogP contribution in [0.1, 0.15) is 30.9 Å². The topological polar surface area (TPSA) is 42.2 Å². The fraction of sp³-hybridized carbons (Fsp3) is 0.357. The molecule has 0 saturated heterocycles. The molecule has 6 heteroatoms. The number of rotatable bonds is 3. The summed E-state index contributed by atoms with van der Waals surface area (Å²) in [6, 6.07) is 3.86. The lowest BCUT2D eigenvalue weighted by Crippen LogP contribution is -2.08. The number of aliphatic carboxylic acids is 1. The molecule has 1 aromatic heterocycles. The zero-order valence-corrected chi connectivity index (χ0v) is 11.0. The molecule has 0 fully saturated rings. The van der Waals surface area contributed by atoms with Crippen LogP contribution in [-0.4, -0.2) is 15.6 Å². The van der Waals surface area contributed by atoms with Gasteiger partial charge in [-0.25, -0.2) is 0 Å². The van der Waals surface area contributed by atoms with Crippen molar-refractivity contribution in [3.8, 4) is 0 Å². The van der Waals surface area contributed by atoms with Crippen molar-refractivity contribution >= 4 is 16.9 Å². The lowest BCUT2D eigenvalue weighted by Gasteiger charge is -2.11. The minimum atomic E-state index is -4.46. The van der Waals surface area contributed by atoms with Gasteiger partial charge in [0.15, 0.2) is 0 Å². The largest absolute Gasteiger partial charge is 0.481 e. The van der Waals surface area contributed by atoms with E-state index in [0.717, 1.165) is 6.07 Å². The second-order valence-electron chi connectivity index (χ2n) is 4.63. The summed E-state index contributed by atoms with van der Waals surface area (Å²) in [5.41, 5.74) is -0.285. The Hall–Kier alpha value is -1.98. The summed E-state index contributed by atoms with van der Waals surface area (Å²) in [4.78, 5) is 11.1. The highest BCUT2D eigenvalue weighted by atomic mass is 19.4. The molecule has 108 valence electrons. The number of carboxylic acids is 1. The van der Waals surface area contributed by atoms with Crippen LogP contribution in [0.4, 0.5) is 13.2 Å². The standard InChI is InChI=1S/C14H14F3NO2/c1-3-18-7-10(8(2)13(19)20)9-5-4-6-11(12(9)18)14(15,16)17/h4-8H,3H2,1-2H3,(H,19,20). The number of alkyl halides is 3. The highest BCUT2D eigenvalue weighted by Crippen LogP contribution is 2.38. The van der Waals surface area contributed by atoms with Gasteiger partial charge in [-0.3, -0.25) is 4.79 Å². The molecule has 3 nitrogen and oxygen atoms in total. The van der Waals surface area contributed by atoms with Gasteiger partial charge in [-0.1, -0.05) is 12.1 Å². The molecule has 0 bridgehead atoms. The Morgan fingerprint density at radius 3 is 2.55 bits per heavy atom. The number of fused-ring (bicyclic) bond motifs is 1. The van der Waals surface area contributed by atoms with E-state index in [2.05, 4.69) is 0 Å². The van der Waals surface area contributed by atoms with E-state index in [-0.39, 0.29) is 5.52 Å². The summed E-state index contributed by atoms with van der Waals surface area (Å²) in [6.07, 6.45) is -2.97. The number of aryl methyl sites for hydroxylation is 1. The average molecular weight is 285 g/mol. The van der Waals surface area contributed by atoms with E-state index in [1.807, 2.05) is 0 Å². The lowest BCUT2D eigenvalue weighted by atomic mass is 9.99. The van der Waals surface area contributed by atoms with Gasteiger partial charge in [-0.15, -0.1) is 0 Å². The van der Waals surface area contributed by atoms with Crippen molar-refractivity contribution in [2.75, 3.05) is 0 Å². The number of carbonyl (C=O) groups is 1. The minimum Gasteiger partial charge on any atom is -0.481 e. The number of carboxylic acid groups (broad SMARTS) is 1. The molecule has 0 amide bonds. The third-order valence-electron chi connectivity index (χ3n) is 3.41. The number of aromatic nitrogens is 1. The predicted molar refractivity (Wildman–Crippen MR) is 68.7 cm³/mol. The summed E-state index contributed by atoms with van der Waals surface area (Å²) < 4.78 is 40.7. The normalized spacial score (nSPS) is 13.7. The maximum atomic E-state index is 13.1. The summed E-state index contributed by atoms with van der Waals surface area (Å²) in [5, 5.41) is 9.42. The minimum absolute atomic E-state index is 0.0469. The third-order valence-corrected chi connectivity index (χ3v) is 3.41. The van der Waals surface area contributed by atoms with E-state index in [4.69, 9.17) is 5.11 Å². The van der Waals surface area contributed by atoms with Crippen molar-refractivity contribution in [1.82, 2.24) is 4.57 Å². The average Bonchev–Trinajstić information content (AvgIpc) is 2.75. The fourth-order valence-electron chi connectivity index (χ4n) is 2.34. The monoisotopic (exact) mass is 285 g/mol. The summed E-state index contributed by atoms with van der Waals surface area (Å²) in [5.74, 6) is -1.91. The van der Waals surface area contributed by atoms with Crippen molar-refractivity contribution in [1.29, 1.82) is 0 Å². The Bertz CT molecular complexity index is 658. The van der Waals surface area contributed by atoms with E-state index in [1.165, 1.54) is 29.8 Å². The number of nitrogens with zero attached hydrogens (tertiary/aromatic N) is 1. The molecule has 1 aromatic carbocycles. The van der Waals surface area contributed by atoms with Gasteiger partial charge in [-0.05, 0) is 25.5 Å². The Morgan fingerprint density at radius 2 is 2.05 bits per heavy atom. The van der Waals surface area contributed by atoms with Crippen LogP contribution in [-0.2, 0) is 17.5 Å². The molecular weight excluding hydrogens is 271 g/mol. The maximum absolute atomic E-state index is 13.1. The van der Waals surface area contributed by atoms with Crippen LogP contribution in [0.2, 0.25) is 0 Å². The Balaban J connectivity index is 2.80. The molecule has 20 heavy (non-hydrogen) atoms. The number of hydrogen-bond acceptors (Lipinski definition) is 1. The molecule has 1 N–H and O–H groups in total. The number of benzene rings is 1. The number of para-hydroxylation sites is 1. The quantitative estimate of drug-likeness (QED) is 0.930. The van der Waals surface area contributed by atoms with Crippen LogP contribution in [0.15, 0.2) is 24.4 Å². The van der Waals surface area contributed by atoms with Gasteiger partial charge in [0.25, 0.3) is 0 Å². The smallest absolute Gasteiger partial charge is 0.418 e. The summed E-state index contributed by atoms with van der Waals surface area (Å²) in [6.45, 7) is 3.54. The van der Waals surface area contributed by atoms with E-state index in [1.54, 1.807) is 6.92 Å². The maximum Gasteiger partial charge on any atom is 0.418 e. The predicted octanol–water partition coefficient (Wildman–Crippen LogP) is 3.87. The van der Waals surface area contributed by atoms with E-state index in [0.29, 0.717) is 17.5 Å². The Morgan fingerprint density at radius 1 is 1.40 bits per heavy atom. The first-order chi connectivity index (χ1) is 9.27. The number of hydrogen-bond donors (Lipinski definition) is 1. The van der Waals surface area contributed by atoms with Crippen molar-refractivity contribution in [2.45, 2.75) is 32.5 Å². The molecule has 1 unspecified atom stereocenters. The van der Waals surface area contributed by atoms with Gasteiger partial charge in [0.05, 0.1) is 17.0 Å². The number of halogens is 3. The molecule has 1 atom stereocenters.